The van der Waals surface area contributed by atoms with Crippen molar-refractivity contribution in [3.8, 4) is 0 Å². The lowest BCUT2D eigenvalue weighted by molar-refractivity contribution is -0.150. The Balaban J connectivity index is 2.07. The zero-order chi connectivity index (χ0) is 17.3. The molecule has 3 rings (SSSR count). The second-order valence-corrected chi connectivity index (χ2v) is 7.10. The lowest BCUT2D eigenvalue weighted by Gasteiger charge is -2.38. The second-order valence-electron chi connectivity index (χ2n) is 7.10. The van der Waals surface area contributed by atoms with E-state index in [4.69, 9.17) is 9.47 Å². The van der Waals surface area contributed by atoms with Gasteiger partial charge in [-0.05, 0) is 60.3 Å². The van der Waals surface area contributed by atoms with Crippen molar-refractivity contribution in [3.63, 3.8) is 0 Å². The fourth-order valence-corrected chi connectivity index (χ4v) is 4.58. The van der Waals surface area contributed by atoms with Gasteiger partial charge in [-0.1, -0.05) is 19.1 Å². The third-order valence-corrected chi connectivity index (χ3v) is 5.75. The van der Waals surface area contributed by atoms with E-state index in [0.29, 0.717) is 0 Å². The molecule has 0 heterocycles. The molecule has 4 nitrogen and oxygen atoms in total. The van der Waals surface area contributed by atoms with Crippen LogP contribution in [-0.2, 0) is 38.3 Å². The Kier molecular flexibility index (Phi) is 4.93. The molecule has 0 aromatic heterocycles. The molecule has 4 heteroatoms. The van der Waals surface area contributed by atoms with E-state index in [0.717, 1.165) is 24.8 Å². The van der Waals surface area contributed by atoms with Crippen LogP contribution in [0.3, 0.4) is 0 Å². The molecular formula is C20H26O4. The van der Waals surface area contributed by atoms with E-state index < -0.39 is 0 Å². The maximum Gasteiger partial charge on any atom is 0.309 e. The lowest BCUT2D eigenvalue weighted by Crippen LogP contribution is -2.37. The van der Waals surface area contributed by atoms with Crippen LogP contribution in [0.5, 0.6) is 0 Å². The van der Waals surface area contributed by atoms with Gasteiger partial charge in [0.1, 0.15) is 0 Å². The van der Waals surface area contributed by atoms with Gasteiger partial charge in [-0.25, -0.2) is 0 Å². The monoisotopic (exact) mass is 330 g/mol. The molecule has 3 atom stereocenters. The number of benzene rings is 1. The number of carbonyl (C=O) groups is 2. The van der Waals surface area contributed by atoms with Crippen LogP contribution in [0.2, 0.25) is 0 Å². The molecule has 0 radical (unpaired) electrons. The number of hydrogen-bond acceptors (Lipinski definition) is 4. The maximum atomic E-state index is 12.4. The van der Waals surface area contributed by atoms with Crippen molar-refractivity contribution < 1.29 is 19.1 Å². The predicted octanol–water partition coefficient (Wildman–Crippen LogP) is 3.19. The Morgan fingerprint density at radius 1 is 1.08 bits per heavy atom. The van der Waals surface area contributed by atoms with Crippen LogP contribution >= 0.6 is 0 Å². The molecule has 1 aromatic carbocycles. The first-order valence-corrected chi connectivity index (χ1v) is 8.85. The van der Waals surface area contributed by atoms with Crippen LogP contribution in [0.4, 0.5) is 0 Å². The zero-order valence-electron chi connectivity index (χ0n) is 14.8. The first-order valence-electron chi connectivity index (χ1n) is 8.85. The van der Waals surface area contributed by atoms with Gasteiger partial charge in [0.2, 0.25) is 0 Å². The minimum Gasteiger partial charge on any atom is -0.469 e. The molecule has 0 saturated carbocycles. The van der Waals surface area contributed by atoms with Gasteiger partial charge < -0.3 is 9.47 Å². The summed E-state index contributed by atoms with van der Waals surface area (Å²) in [5, 5.41) is 0. The smallest absolute Gasteiger partial charge is 0.309 e. The van der Waals surface area contributed by atoms with Crippen molar-refractivity contribution >= 4 is 11.9 Å². The highest BCUT2D eigenvalue weighted by Crippen LogP contribution is 2.45. The fraction of sp³-hybridized carbons (Fsp3) is 0.600. The Hall–Kier alpha value is -1.84. The summed E-state index contributed by atoms with van der Waals surface area (Å²) in [7, 11) is 2.82. The average Bonchev–Trinajstić information content (AvgIpc) is 2.60. The van der Waals surface area contributed by atoms with Crippen molar-refractivity contribution in [2.45, 2.75) is 51.4 Å². The van der Waals surface area contributed by atoms with Gasteiger partial charge in [0, 0.05) is 5.92 Å². The summed E-state index contributed by atoms with van der Waals surface area (Å²) in [5.41, 5.74) is 5.42. The molecule has 2 aliphatic rings. The van der Waals surface area contributed by atoms with Gasteiger partial charge in [0.25, 0.3) is 0 Å². The Morgan fingerprint density at radius 2 is 1.83 bits per heavy atom. The summed E-state index contributed by atoms with van der Waals surface area (Å²) < 4.78 is 9.93. The summed E-state index contributed by atoms with van der Waals surface area (Å²) in [6.45, 7) is 2.09. The van der Waals surface area contributed by atoms with Crippen molar-refractivity contribution in [1.82, 2.24) is 0 Å². The van der Waals surface area contributed by atoms with Crippen molar-refractivity contribution in [1.29, 1.82) is 0 Å². The highest BCUT2D eigenvalue weighted by atomic mass is 16.5. The third-order valence-electron chi connectivity index (χ3n) is 5.75. The Labute approximate surface area is 143 Å². The molecule has 0 saturated heterocycles. The number of rotatable bonds is 3. The number of aryl methyl sites for hydroxylation is 1. The standard InChI is InChI=1S/C20H26O4/c1-12-10-16-14-7-5-4-6-13(14)8-9-15(16)17(11-18(21)23-2)19(12)20(22)24-3/h8-9,12,17,19H,4-7,10-11H2,1-3H3. The minimum absolute atomic E-state index is 0.157. The van der Waals surface area contributed by atoms with Crippen LogP contribution < -0.4 is 0 Å². The van der Waals surface area contributed by atoms with E-state index in [1.807, 2.05) is 0 Å². The lowest BCUT2D eigenvalue weighted by atomic mass is 9.66. The molecule has 130 valence electrons. The van der Waals surface area contributed by atoms with E-state index in [9.17, 15) is 9.59 Å². The van der Waals surface area contributed by atoms with E-state index in [-0.39, 0.29) is 36.1 Å². The van der Waals surface area contributed by atoms with Gasteiger partial charge in [-0.3, -0.25) is 9.59 Å². The number of carbonyl (C=O) groups excluding carboxylic acids is 2. The van der Waals surface area contributed by atoms with Crippen LogP contribution in [0, 0.1) is 11.8 Å². The number of fused-ring (bicyclic) bond motifs is 3. The van der Waals surface area contributed by atoms with Crippen LogP contribution in [0.1, 0.15) is 54.4 Å². The molecule has 0 spiro atoms. The van der Waals surface area contributed by atoms with Crippen LogP contribution in [-0.4, -0.2) is 26.2 Å². The van der Waals surface area contributed by atoms with Crippen LogP contribution in [0.15, 0.2) is 12.1 Å². The zero-order valence-corrected chi connectivity index (χ0v) is 14.8. The van der Waals surface area contributed by atoms with Gasteiger partial charge in [-0.15, -0.1) is 0 Å². The summed E-state index contributed by atoms with van der Waals surface area (Å²) in [4.78, 5) is 24.3. The summed E-state index contributed by atoms with van der Waals surface area (Å²) in [6.07, 6.45) is 5.83. The van der Waals surface area contributed by atoms with Crippen molar-refractivity contribution in [2.75, 3.05) is 14.2 Å². The first-order chi connectivity index (χ1) is 11.6. The van der Waals surface area contributed by atoms with Gasteiger partial charge in [-0.2, -0.15) is 0 Å². The van der Waals surface area contributed by atoms with E-state index in [2.05, 4.69) is 19.1 Å². The molecule has 0 aliphatic heterocycles. The quantitative estimate of drug-likeness (QED) is 0.799. The molecule has 24 heavy (non-hydrogen) atoms. The minimum atomic E-state index is -0.289. The third kappa shape index (κ3) is 2.94. The Morgan fingerprint density at radius 3 is 2.54 bits per heavy atom. The Bertz CT molecular complexity index is 649. The normalized spacial score (nSPS) is 25.4. The number of methoxy groups -OCH3 is 2. The molecule has 2 aliphatic carbocycles. The van der Waals surface area contributed by atoms with Crippen molar-refractivity contribution in [2.24, 2.45) is 11.8 Å². The number of hydrogen-bond donors (Lipinski definition) is 0. The molecule has 1 aromatic rings. The maximum absolute atomic E-state index is 12.4. The summed E-state index contributed by atoms with van der Waals surface area (Å²) in [5.74, 6) is -0.779. The topological polar surface area (TPSA) is 52.6 Å². The largest absolute Gasteiger partial charge is 0.469 e. The molecular weight excluding hydrogens is 304 g/mol. The molecule has 0 amide bonds. The molecule has 3 unspecified atom stereocenters. The highest BCUT2D eigenvalue weighted by Gasteiger charge is 2.42. The molecule has 0 fully saturated rings. The van der Waals surface area contributed by atoms with Gasteiger partial charge in [0.05, 0.1) is 26.6 Å². The SMILES string of the molecule is COC(=O)CC1c2ccc3c(c2CC(C)C1C(=O)OC)CCCC3. The van der Waals surface area contributed by atoms with E-state index >= 15 is 0 Å². The van der Waals surface area contributed by atoms with Gasteiger partial charge in [0.15, 0.2) is 0 Å². The summed E-state index contributed by atoms with van der Waals surface area (Å²) in [6, 6.07) is 4.33. The number of esters is 2. The number of ether oxygens (including phenoxy) is 2. The van der Waals surface area contributed by atoms with E-state index in [1.54, 1.807) is 0 Å². The highest BCUT2D eigenvalue weighted by molar-refractivity contribution is 5.78. The predicted molar refractivity (Wildman–Crippen MR) is 90.8 cm³/mol. The fourth-order valence-electron chi connectivity index (χ4n) is 4.58. The van der Waals surface area contributed by atoms with E-state index in [1.165, 1.54) is 43.8 Å². The van der Waals surface area contributed by atoms with Crippen molar-refractivity contribution in [3.05, 3.63) is 34.4 Å². The van der Waals surface area contributed by atoms with Crippen LogP contribution in [0.25, 0.3) is 0 Å². The average molecular weight is 330 g/mol. The first kappa shape index (κ1) is 17.0. The van der Waals surface area contributed by atoms with Gasteiger partial charge >= 0.3 is 11.9 Å². The second kappa shape index (κ2) is 6.96. The summed E-state index contributed by atoms with van der Waals surface area (Å²) >= 11 is 0. The molecule has 0 N–H and O–H groups in total. The molecule has 0 bridgehead atoms.